The molecule has 2 heterocycles. The molecule has 0 radical (unpaired) electrons. The van der Waals surface area contributed by atoms with Crippen molar-refractivity contribution in [2.24, 2.45) is 0 Å². The molecule has 0 aliphatic rings. The van der Waals surface area contributed by atoms with Gasteiger partial charge in [0, 0.05) is 10.9 Å². The second-order valence-corrected chi connectivity index (χ2v) is 8.20. The van der Waals surface area contributed by atoms with Crippen LogP contribution < -0.4 is 5.32 Å². The maximum atomic E-state index is 12.9. The molecule has 146 valence electrons. The molecule has 0 bridgehead atoms. The Bertz CT molecular complexity index is 1190. The molecule has 2 aromatic heterocycles. The standard InChI is InChI=1S/C23H19ClN2O2S/c1-13-17-19(26-22(28)16-11-7-4-8-12-16)21(20(27)15-9-5-3-6-10-15)29-23(17)25-14(2)18(13)24/h3-12,20,27H,1-2H3,(H,26,28)/t20-/m1/s1. The van der Waals surface area contributed by atoms with Gasteiger partial charge in [0.25, 0.3) is 5.91 Å². The number of carbonyl (C=O) groups excluding carboxylic acids is 1. The highest BCUT2D eigenvalue weighted by Crippen LogP contribution is 2.44. The summed E-state index contributed by atoms with van der Waals surface area (Å²) in [6, 6.07) is 18.3. The second kappa shape index (κ2) is 7.95. The molecule has 4 rings (SSSR count). The lowest BCUT2D eigenvalue weighted by molar-refractivity contribution is 0.102. The molecule has 0 fully saturated rings. The normalized spacial score (nSPS) is 12.1. The van der Waals surface area contributed by atoms with E-state index in [-0.39, 0.29) is 5.91 Å². The van der Waals surface area contributed by atoms with Crippen LogP contribution in [0.1, 0.15) is 38.2 Å². The van der Waals surface area contributed by atoms with E-state index in [9.17, 15) is 9.90 Å². The molecule has 0 spiro atoms. The van der Waals surface area contributed by atoms with Gasteiger partial charge in [0.1, 0.15) is 10.9 Å². The molecule has 0 unspecified atom stereocenters. The van der Waals surface area contributed by atoms with Gasteiger partial charge in [-0.05, 0) is 37.1 Å². The summed E-state index contributed by atoms with van der Waals surface area (Å²) in [6.45, 7) is 3.76. The first-order valence-electron chi connectivity index (χ1n) is 9.16. The molecule has 0 saturated heterocycles. The van der Waals surface area contributed by atoms with Crippen LogP contribution in [-0.4, -0.2) is 16.0 Å². The molecule has 2 N–H and O–H groups in total. The lowest BCUT2D eigenvalue weighted by Gasteiger charge is -2.14. The summed E-state index contributed by atoms with van der Waals surface area (Å²) in [5.74, 6) is -0.247. The van der Waals surface area contributed by atoms with Gasteiger partial charge in [0.2, 0.25) is 0 Å². The van der Waals surface area contributed by atoms with Crippen LogP contribution in [0.5, 0.6) is 0 Å². The fraction of sp³-hybridized carbons (Fsp3) is 0.130. The number of nitrogens with one attached hydrogen (secondary N) is 1. The number of fused-ring (bicyclic) bond motifs is 1. The Morgan fingerprint density at radius 3 is 2.34 bits per heavy atom. The molecule has 6 heteroatoms. The van der Waals surface area contributed by atoms with Gasteiger partial charge in [-0.2, -0.15) is 0 Å². The van der Waals surface area contributed by atoms with Crippen molar-refractivity contribution in [2.75, 3.05) is 5.32 Å². The minimum atomic E-state index is -0.889. The summed E-state index contributed by atoms with van der Waals surface area (Å²) >= 11 is 7.82. The number of anilines is 1. The number of aromatic nitrogens is 1. The van der Waals surface area contributed by atoms with Crippen LogP contribution in [0, 0.1) is 13.8 Å². The molecule has 29 heavy (non-hydrogen) atoms. The maximum Gasteiger partial charge on any atom is 0.255 e. The summed E-state index contributed by atoms with van der Waals surface area (Å²) in [5, 5.41) is 15.4. The van der Waals surface area contributed by atoms with E-state index in [0.29, 0.717) is 21.2 Å². The van der Waals surface area contributed by atoms with E-state index in [1.54, 1.807) is 12.1 Å². The lowest BCUT2D eigenvalue weighted by Crippen LogP contribution is -2.13. The first kappa shape index (κ1) is 19.6. The molecule has 1 amide bonds. The summed E-state index contributed by atoms with van der Waals surface area (Å²) in [4.78, 5) is 18.9. The van der Waals surface area contributed by atoms with Crippen LogP contribution in [-0.2, 0) is 0 Å². The number of nitrogens with zero attached hydrogens (tertiary/aromatic N) is 1. The van der Waals surface area contributed by atoms with Crippen molar-refractivity contribution < 1.29 is 9.90 Å². The SMILES string of the molecule is Cc1nc2sc([C@H](O)c3ccccc3)c(NC(=O)c3ccccc3)c2c(C)c1Cl. The molecular weight excluding hydrogens is 404 g/mol. The van der Waals surface area contributed by atoms with Crippen molar-refractivity contribution in [1.29, 1.82) is 0 Å². The van der Waals surface area contributed by atoms with Gasteiger partial charge < -0.3 is 10.4 Å². The summed E-state index contributed by atoms with van der Waals surface area (Å²) < 4.78 is 0. The zero-order chi connectivity index (χ0) is 20.5. The summed E-state index contributed by atoms with van der Waals surface area (Å²) in [5.41, 5.74) is 3.40. The topological polar surface area (TPSA) is 62.2 Å². The average molecular weight is 423 g/mol. The Hall–Kier alpha value is -2.73. The van der Waals surface area contributed by atoms with E-state index in [2.05, 4.69) is 10.3 Å². The Labute approximate surface area is 177 Å². The van der Waals surface area contributed by atoms with Crippen LogP contribution in [0.4, 0.5) is 5.69 Å². The van der Waals surface area contributed by atoms with Crippen molar-refractivity contribution in [2.45, 2.75) is 20.0 Å². The predicted octanol–water partition coefficient (Wildman–Crippen LogP) is 5.90. The zero-order valence-electron chi connectivity index (χ0n) is 15.9. The number of pyridine rings is 1. The number of aliphatic hydroxyl groups is 1. The van der Waals surface area contributed by atoms with Crippen molar-refractivity contribution in [3.63, 3.8) is 0 Å². The number of aliphatic hydroxyl groups excluding tert-OH is 1. The number of aryl methyl sites for hydroxylation is 2. The Morgan fingerprint density at radius 1 is 1.07 bits per heavy atom. The minimum absolute atomic E-state index is 0.247. The monoisotopic (exact) mass is 422 g/mol. The number of amides is 1. The van der Waals surface area contributed by atoms with Gasteiger partial charge >= 0.3 is 0 Å². The highest BCUT2D eigenvalue weighted by molar-refractivity contribution is 7.19. The van der Waals surface area contributed by atoms with E-state index in [4.69, 9.17) is 11.6 Å². The minimum Gasteiger partial charge on any atom is -0.383 e. The van der Waals surface area contributed by atoms with Gasteiger partial charge in [-0.1, -0.05) is 60.1 Å². The van der Waals surface area contributed by atoms with Crippen molar-refractivity contribution in [3.8, 4) is 0 Å². The van der Waals surface area contributed by atoms with Crippen LogP contribution in [0.25, 0.3) is 10.2 Å². The van der Waals surface area contributed by atoms with E-state index >= 15 is 0 Å². The van der Waals surface area contributed by atoms with Crippen LogP contribution in [0.2, 0.25) is 5.02 Å². The van der Waals surface area contributed by atoms with Crippen LogP contribution in [0.3, 0.4) is 0 Å². The first-order valence-corrected chi connectivity index (χ1v) is 10.3. The van der Waals surface area contributed by atoms with Crippen molar-refractivity contribution >= 4 is 44.7 Å². The van der Waals surface area contributed by atoms with Crippen LogP contribution >= 0.6 is 22.9 Å². The maximum absolute atomic E-state index is 12.9. The molecular formula is C23H19ClN2O2S. The number of thiophene rings is 1. The number of hydrogen-bond donors (Lipinski definition) is 2. The number of rotatable bonds is 4. The van der Waals surface area contributed by atoms with Gasteiger partial charge in [-0.25, -0.2) is 4.98 Å². The van der Waals surface area contributed by atoms with E-state index in [1.165, 1.54) is 11.3 Å². The third kappa shape index (κ3) is 3.65. The quantitative estimate of drug-likeness (QED) is 0.430. The van der Waals surface area contributed by atoms with Gasteiger partial charge in [0.05, 0.1) is 21.3 Å². The molecule has 1 atom stereocenters. The highest BCUT2D eigenvalue weighted by Gasteiger charge is 2.25. The number of benzene rings is 2. The second-order valence-electron chi connectivity index (χ2n) is 6.79. The molecule has 0 aliphatic heterocycles. The third-order valence-corrected chi connectivity index (χ3v) is 6.54. The number of carbonyl (C=O) groups is 1. The van der Waals surface area contributed by atoms with E-state index < -0.39 is 6.10 Å². The lowest BCUT2D eigenvalue weighted by atomic mass is 10.0. The Kier molecular flexibility index (Phi) is 5.37. The Morgan fingerprint density at radius 2 is 1.69 bits per heavy atom. The summed E-state index contributed by atoms with van der Waals surface area (Å²) in [6.07, 6.45) is -0.889. The Balaban J connectivity index is 1.89. The number of halogens is 1. The predicted molar refractivity (Wildman–Crippen MR) is 119 cm³/mol. The third-order valence-electron chi connectivity index (χ3n) is 4.85. The van der Waals surface area contributed by atoms with E-state index in [1.807, 2.05) is 62.4 Å². The van der Waals surface area contributed by atoms with Crippen LogP contribution in [0.15, 0.2) is 60.7 Å². The zero-order valence-corrected chi connectivity index (χ0v) is 17.5. The molecule has 0 saturated carbocycles. The molecule has 2 aromatic carbocycles. The van der Waals surface area contributed by atoms with E-state index in [0.717, 1.165) is 27.0 Å². The van der Waals surface area contributed by atoms with Crippen molar-refractivity contribution in [3.05, 3.63) is 92.9 Å². The fourth-order valence-electron chi connectivity index (χ4n) is 3.32. The smallest absolute Gasteiger partial charge is 0.255 e. The molecule has 4 aromatic rings. The summed E-state index contributed by atoms with van der Waals surface area (Å²) in [7, 11) is 0. The van der Waals surface area contributed by atoms with Gasteiger partial charge in [-0.15, -0.1) is 11.3 Å². The highest BCUT2D eigenvalue weighted by atomic mass is 35.5. The average Bonchev–Trinajstić information content (AvgIpc) is 3.10. The van der Waals surface area contributed by atoms with Gasteiger partial charge in [0.15, 0.2) is 0 Å². The number of hydrogen-bond acceptors (Lipinski definition) is 4. The van der Waals surface area contributed by atoms with Crippen molar-refractivity contribution in [1.82, 2.24) is 4.98 Å². The largest absolute Gasteiger partial charge is 0.383 e. The molecule has 4 nitrogen and oxygen atoms in total. The van der Waals surface area contributed by atoms with Gasteiger partial charge in [-0.3, -0.25) is 4.79 Å². The first-order chi connectivity index (χ1) is 14.0. The fourth-order valence-corrected chi connectivity index (χ4v) is 4.71. The molecule has 0 aliphatic carbocycles.